The van der Waals surface area contributed by atoms with Crippen LogP contribution in [0, 0.1) is 5.92 Å². The first kappa shape index (κ1) is 24.1. The summed E-state index contributed by atoms with van der Waals surface area (Å²) < 4.78 is 5.42. The molecule has 3 heterocycles. The fraction of sp³-hybridized carbons (Fsp3) is 0.147. The van der Waals surface area contributed by atoms with Crippen LogP contribution >= 0.6 is 0 Å². The number of hydrogen-bond donors (Lipinski definition) is 1. The van der Waals surface area contributed by atoms with Crippen LogP contribution in [0.1, 0.15) is 31.8 Å². The third-order valence-corrected chi connectivity index (χ3v) is 8.51. The Morgan fingerprint density at radius 2 is 1.55 bits per heavy atom. The molecule has 40 heavy (non-hydrogen) atoms. The Kier molecular flexibility index (Phi) is 5.46. The number of amides is 1. The lowest BCUT2D eigenvalue weighted by molar-refractivity contribution is -0.121. The highest BCUT2D eigenvalue weighted by atomic mass is 16.5. The number of nitrogens with one attached hydrogen (secondary N) is 1. The fourth-order valence-electron chi connectivity index (χ4n) is 6.85. The van der Waals surface area contributed by atoms with Crippen molar-refractivity contribution in [2.24, 2.45) is 5.92 Å². The lowest BCUT2D eigenvalue weighted by atomic mass is 9.64. The van der Waals surface area contributed by atoms with Gasteiger partial charge in [-0.05, 0) is 35.4 Å². The number of carbonyl (C=O) groups excluding carboxylic acids is 3. The van der Waals surface area contributed by atoms with Gasteiger partial charge in [-0.3, -0.25) is 14.4 Å². The molecule has 0 radical (unpaired) electrons. The van der Waals surface area contributed by atoms with Crippen molar-refractivity contribution in [3.05, 3.63) is 131 Å². The highest BCUT2D eigenvalue weighted by Crippen LogP contribution is 2.58. The minimum absolute atomic E-state index is 0.239. The zero-order valence-corrected chi connectivity index (χ0v) is 21.8. The molecule has 1 fully saturated rings. The molecule has 4 aromatic carbocycles. The van der Waals surface area contributed by atoms with Crippen LogP contribution in [0.2, 0.25) is 0 Å². The summed E-state index contributed by atoms with van der Waals surface area (Å²) in [7, 11) is 1.55. The maximum atomic E-state index is 14.7. The van der Waals surface area contributed by atoms with Gasteiger partial charge in [0.25, 0.3) is 0 Å². The Morgan fingerprint density at radius 3 is 2.38 bits per heavy atom. The van der Waals surface area contributed by atoms with Crippen molar-refractivity contribution >= 4 is 34.9 Å². The minimum atomic E-state index is -1.33. The zero-order valence-electron chi connectivity index (χ0n) is 21.8. The maximum Gasteiger partial charge on any atom is 0.238 e. The van der Waals surface area contributed by atoms with E-state index in [1.54, 1.807) is 55.6 Å². The number of carbonyl (C=O) groups is 3. The average Bonchev–Trinajstić information content (AvgIpc) is 3.49. The summed E-state index contributed by atoms with van der Waals surface area (Å²) in [5, 5.41) is 3.06. The van der Waals surface area contributed by atoms with Gasteiger partial charge in [0, 0.05) is 22.5 Å². The van der Waals surface area contributed by atoms with Gasteiger partial charge in [-0.1, -0.05) is 91.0 Å². The smallest absolute Gasteiger partial charge is 0.238 e. The van der Waals surface area contributed by atoms with Gasteiger partial charge in [0.1, 0.15) is 17.2 Å². The maximum absolute atomic E-state index is 14.7. The molecule has 6 heteroatoms. The summed E-state index contributed by atoms with van der Waals surface area (Å²) in [6, 6.07) is 29.7. The monoisotopic (exact) mass is 526 g/mol. The summed E-state index contributed by atoms with van der Waals surface area (Å²) in [6.45, 7) is 0. The molecule has 0 aromatic heterocycles. The summed E-state index contributed by atoms with van der Waals surface area (Å²) in [5.74, 6) is -1.21. The molecule has 196 valence electrons. The molecule has 1 N–H and O–H groups in total. The second-order valence-corrected chi connectivity index (χ2v) is 10.4. The van der Waals surface area contributed by atoms with Crippen LogP contribution in [-0.4, -0.2) is 36.7 Å². The predicted molar refractivity (Wildman–Crippen MR) is 154 cm³/mol. The van der Waals surface area contributed by atoms with E-state index in [-0.39, 0.29) is 17.5 Å². The molecule has 4 aromatic rings. The SMILES string of the molecule is COc1cccc(C(=O)[C@H]2[C@@H](C(=O)c3ccccc3)[C@@]3(C(=O)Nc4ccccc43)[C@@H]3C=Cc4ccccc4N32)c1. The van der Waals surface area contributed by atoms with E-state index in [2.05, 4.69) is 5.32 Å². The molecule has 0 unspecified atom stereocenters. The molecule has 4 atom stereocenters. The molecule has 7 rings (SSSR count). The molecule has 0 aliphatic carbocycles. The molecule has 3 aliphatic rings. The number of fused-ring (bicyclic) bond motifs is 6. The van der Waals surface area contributed by atoms with Gasteiger partial charge in [-0.15, -0.1) is 0 Å². The van der Waals surface area contributed by atoms with Gasteiger partial charge in [-0.2, -0.15) is 0 Å². The van der Waals surface area contributed by atoms with E-state index in [9.17, 15) is 14.4 Å². The number of benzene rings is 4. The molecule has 0 bridgehead atoms. The first-order chi connectivity index (χ1) is 19.6. The van der Waals surface area contributed by atoms with Crippen LogP contribution in [-0.2, 0) is 10.2 Å². The van der Waals surface area contributed by atoms with Crippen molar-refractivity contribution in [2.45, 2.75) is 17.5 Å². The molecule has 1 amide bonds. The Morgan fingerprint density at radius 1 is 0.825 bits per heavy atom. The van der Waals surface area contributed by atoms with E-state index in [1.165, 1.54) is 0 Å². The third kappa shape index (κ3) is 3.26. The Hall–Kier alpha value is -4.97. The average molecular weight is 527 g/mol. The standard InChI is InChI=1S/C34H26N2O4/c1-40-24-14-9-13-23(20-24)32(38)30-29(31(37)22-11-3-2-4-12-22)34(25-15-6-7-16-26(25)35-33(34)39)28-19-18-21-10-5-8-17-27(21)36(28)30/h2-20,28-30H,1H3,(H,35,39)/t28-,29-,30+,34-/m0/s1. The molecule has 1 spiro atoms. The van der Waals surface area contributed by atoms with Crippen molar-refractivity contribution < 1.29 is 19.1 Å². The van der Waals surface area contributed by atoms with E-state index in [0.29, 0.717) is 22.6 Å². The van der Waals surface area contributed by atoms with Gasteiger partial charge in [0.15, 0.2) is 11.6 Å². The van der Waals surface area contributed by atoms with E-state index < -0.39 is 23.4 Å². The van der Waals surface area contributed by atoms with Gasteiger partial charge >= 0.3 is 0 Å². The van der Waals surface area contributed by atoms with E-state index in [4.69, 9.17) is 4.74 Å². The highest BCUT2D eigenvalue weighted by molar-refractivity contribution is 6.18. The van der Waals surface area contributed by atoms with Gasteiger partial charge in [0.05, 0.1) is 19.1 Å². The molecular weight excluding hydrogens is 500 g/mol. The number of ether oxygens (including phenoxy) is 1. The van der Waals surface area contributed by atoms with Crippen LogP contribution in [0.15, 0.2) is 109 Å². The van der Waals surface area contributed by atoms with E-state index >= 15 is 0 Å². The summed E-state index contributed by atoms with van der Waals surface area (Å²) >= 11 is 0. The predicted octanol–water partition coefficient (Wildman–Crippen LogP) is 5.55. The van der Waals surface area contributed by atoms with Crippen LogP contribution in [0.5, 0.6) is 5.75 Å². The first-order valence-electron chi connectivity index (χ1n) is 13.3. The van der Waals surface area contributed by atoms with Crippen molar-refractivity contribution in [3.63, 3.8) is 0 Å². The number of Topliss-reactive ketones (excluding diaryl/α,β-unsaturated/α-hetero) is 2. The summed E-state index contributed by atoms with van der Waals surface area (Å²) in [5.41, 5.74) is 2.70. The minimum Gasteiger partial charge on any atom is -0.497 e. The summed E-state index contributed by atoms with van der Waals surface area (Å²) in [6.07, 6.45) is 3.98. The van der Waals surface area contributed by atoms with Gasteiger partial charge in [-0.25, -0.2) is 0 Å². The van der Waals surface area contributed by atoms with Crippen LogP contribution in [0.25, 0.3) is 6.08 Å². The lowest BCUT2D eigenvalue weighted by Gasteiger charge is -2.37. The molecular formula is C34H26N2O4. The van der Waals surface area contributed by atoms with Crippen molar-refractivity contribution in [3.8, 4) is 5.75 Å². The Bertz CT molecular complexity index is 1710. The topological polar surface area (TPSA) is 75.7 Å². The normalized spacial score (nSPS) is 23.8. The fourth-order valence-corrected chi connectivity index (χ4v) is 6.85. The molecule has 0 saturated carbocycles. The molecule has 1 saturated heterocycles. The number of anilines is 2. The first-order valence-corrected chi connectivity index (χ1v) is 13.3. The lowest BCUT2D eigenvalue weighted by Crippen LogP contribution is -2.51. The van der Waals surface area contributed by atoms with Crippen LogP contribution in [0.4, 0.5) is 11.4 Å². The van der Waals surface area contributed by atoms with Crippen LogP contribution in [0.3, 0.4) is 0 Å². The van der Waals surface area contributed by atoms with Gasteiger partial charge < -0.3 is 15.0 Å². The number of rotatable bonds is 5. The van der Waals surface area contributed by atoms with Crippen LogP contribution < -0.4 is 15.0 Å². The second-order valence-electron chi connectivity index (χ2n) is 10.4. The Balaban J connectivity index is 1.53. The largest absolute Gasteiger partial charge is 0.497 e. The van der Waals surface area contributed by atoms with Crippen molar-refractivity contribution in [1.82, 2.24) is 0 Å². The number of nitrogens with zero attached hydrogens (tertiary/aromatic N) is 1. The number of para-hydroxylation sites is 2. The Labute approximate surface area is 231 Å². The molecule has 3 aliphatic heterocycles. The van der Waals surface area contributed by atoms with E-state index in [0.717, 1.165) is 16.8 Å². The van der Waals surface area contributed by atoms with Crippen molar-refractivity contribution in [1.29, 1.82) is 0 Å². The second kappa shape index (κ2) is 9.06. The quantitative estimate of drug-likeness (QED) is 0.345. The third-order valence-electron chi connectivity index (χ3n) is 8.51. The van der Waals surface area contributed by atoms with Gasteiger partial charge in [0.2, 0.25) is 5.91 Å². The van der Waals surface area contributed by atoms with Crippen molar-refractivity contribution in [2.75, 3.05) is 17.3 Å². The van der Waals surface area contributed by atoms with E-state index in [1.807, 2.05) is 71.6 Å². The zero-order chi connectivity index (χ0) is 27.4. The summed E-state index contributed by atoms with van der Waals surface area (Å²) in [4.78, 5) is 45.7. The molecule has 6 nitrogen and oxygen atoms in total. The number of ketones is 2. The number of methoxy groups -OCH3 is 1. The number of hydrogen-bond acceptors (Lipinski definition) is 5. The highest BCUT2D eigenvalue weighted by Gasteiger charge is 2.70.